The quantitative estimate of drug-likeness (QED) is 0.553. The highest BCUT2D eigenvalue weighted by molar-refractivity contribution is 7.89. The summed E-state index contributed by atoms with van der Waals surface area (Å²) in [6, 6.07) is 10.7. The van der Waals surface area contributed by atoms with Gasteiger partial charge in [-0.15, -0.1) is 0 Å². The van der Waals surface area contributed by atoms with Crippen LogP contribution in [0.25, 0.3) is 0 Å². The van der Waals surface area contributed by atoms with E-state index in [2.05, 4.69) is 5.32 Å². The molecule has 0 saturated carbocycles. The van der Waals surface area contributed by atoms with Gasteiger partial charge in [-0.1, -0.05) is 17.7 Å². The van der Waals surface area contributed by atoms with E-state index in [4.69, 9.17) is 4.74 Å². The molecule has 2 aromatic rings. The van der Waals surface area contributed by atoms with Gasteiger partial charge in [0.15, 0.2) is 0 Å². The maximum absolute atomic E-state index is 12.9. The minimum Gasteiger partial charge on any atom is -0.496 e. The Hall–Kier alpha value is -2.98. The van der Waals surface area contributed by atoms with Gasteiger partial charge in [-0.25, -0.2) is 8.42 Å². The molecular formula is C20H23N3O6S. The van der Waals surface area contributed by atoms with Crippen LogP contribution in [0, 0.1) is 23.0 Å². The van der Waals surface area contributed by atoms with Crippen LogP contribution in [0.2, 0.25) is 0 Å². The number of carbonyl (C=O) groups is 1. The zero-order chi connectivity index (χ0) is 21.9. The first-order chi connectivity index (χ1) is 14.2. The van der Waals surface area contributed by atoms with Crippen LogP contribution in [0.15, 0.2) is 47.4 Å². The number of rotatable bonds is 6. The van der Waals surface area contributed by atoms with Crippen LogP contribution < -0.4 is 10.1 Å². The highest BCUT2D eigenvalue weighted by atomic mass is 32.2. The summed E-state index contributed by atoms with van der Waals surface area (Å²) in [7, 11) is -2.33. The summed E-state index contributed by atoms with van der Waals surface area (Å²) in [5.41, 5.74) is 0.706. The van der Waals surface area contributed by atoms with E-state index in [1.807, 2.05) is 6.92 Å². The van der Waals surface area contributed by atoms with Gasteiger partial charge in [-0.3, -0.25) is 14.9 Å². The summed E-state index contributed by atoms with van der Waals surface area (Å²) in [4.78, 5) is 23.7. The molecule has 1 aliphatic heterocycles. The van der Waals surface area contributed by atoms with Crippen LogP contribution in [0.3, 0.4) is 0 Å². The molecule has 0 spiro atoms. The number of hydrogen-bond acceptors (Lipinski definition) is 6. The van der Waals surface area contributed by atoms with Gasteiger partial charge in [0.25, 0.3) is 5.69 Å². The molecule has 1 unspecified atom stereocenters. The normalized spacial score (nSPS) is 17.3. The molecule has 160 valence electrons. The second-order valence-electron chi connectivity index (χ2n) is 7.14. The summed E-state index contributed by atoms with van der Waals surface area (Å²) in [5, 5.41) is 13.9. The monoisotopic (exact) mass is 433 g/mol. The lowest BCUT2D eigenvalue weighted by molar-refractivity contribution is -0.384. The molecule has 1 atom stereocenters. The number of aryl methyl sites for hydroxylation is 1. The molecule has 2 aromatic carbocycles. The van der Waals surface area contributed by atoms with Crippen molar-refractivity contribution in [2.75, 3.05) is 25.5 Å². The van der Waals surface area contributed by atoms with Crippen molar-refractivity contribution >= 4 is 27.3 Å². The predicted octanol–water partition coefficient (Wildman–Crippen LogP) is 2.95. The molecule has 3 rings (SSSR count). The summed E-state index contributed by atoms with van der Waals surface area (Å²) in [6.45, 7) is 2.21. The number of ether oxygens (including phenoxy) is 1. The number of nitro benzene ring substituents is 1. The minimum atomic E-state index is -3.72. The lowest BCUT2D eigenvalue weighted by Gasteiger charge is -2.31. The number of methoxy groups -OCH3 is 1. The molecule has 1 amide bonds. The second kappa shape index (κ2) is 8.80. The molecule has 10 heteroatoms. The van der Waals surface area contributed by atoms with Crippen LogP contribution in [0.5, 0.6) is 5.75 Å². The van der Waals surface area contributed by atoms with Gasteiger partial charge in [0.1, 0.15) is 11.4 Å². The third kappa shape index (κ3) is 4.60. The lowest BCUT2D eigenvalue weighted by atomic mass is 9.98. The molecule has 0 aromatic heterocycles. The fourth-order valence-electron chi connectivity index (χ4n) is 3.36. The number of hydrogen-bond donors (Lipinski definition) is 1. The average molecular weight is 433 g/mol. The Morgan fingerprint density at radius 3 is 2.57 bits per heavy atom. The van der Waals surface area contributed by atoms with E-state index < -0.39 is 26.8 Å². The predicted molar refractivity (Wildman–Crippen MR) is 111 cm³/mol. The van der Waals surface area contributed by atoms with Gasteiger partial charge >= 0.3 is 0 Å². The fourth-order valence-corrected chi connectivity index (χ4v) is 4.89. The molecule has 30 heavy (non-hydrogen) atoms. The number of nitrogens with zero attached hydrogens (tertiary/aromatic N) is 2. The van der Waals surface area contributed by atoms with Crippen LogP contribution in [0.4, 0.5) is 11.4 Å². The van der Waals surface area contributed by atoms with Crippen molar-refractivity contribution in [3.05, 3.63) is 58.1 Å². The Morgan fingerprint density at radius 2 is 1.93 bits per heavy atom. The molecule has 0 bridgehead atoms. The minimum absolute atomic E-state index is 0.0198. The van der Waals surface area contributed by atoms with Crippen molar-refractivity contribution in [1.29, 1.82) is 0 Å². The summed E-state index contributed by atoms with van der Waals surface area (Å²) < 4.78 is 32.2. The number of anilines is 1. The largest absolute Gasteiger partial charge is 0.496 e. The zero-order valence-corrected chi connectivity index (χ0v) is 17.5. The van der Waals surface area contributed by atoms with E-state index in [1.54, 1.807) is 24.3 Å². The number of nitrogens with one attached hydrogen (secondary N) is 1. The number of carbonyl (C=O) groups excluding carboxylic acids is 1. The molecule has 0 radical (unpaired) electrons. The third-order valence-electron chi connectivity index (χ3n) is 5.07. The van der Waals surface area contributed by atoms with E-state index in [0.717, 1.165) is 5.56 Å². The number of nitro groups is 1. The third-order valence-corrected chi connectivity index (χ3v) is 6.95. The Bertz CT molecular complexity index is 1050. The number of benzene rings is 2. The maximum Gasteiger partial charge on any atom is 0.296 e. The van der Waals surface area contributed by atoms with Crippen LogP contribution >= 0.6 is 0 Å². The summed E-state index contributed by atoms with van der Waals surface area (Å²) in [5.74, 6) is -0.763. The van der Waals surface area contributed by atoms with E-state index in [0.29, 0.717) is 25.1 Å². The van der Waals surface area contributed by atoms with Crippen molar-refractivity contribution in [2.45, 2.75) is 24.7 Å². The molecule has 1 aliphatic rings. The highest BCUT2D eigenvalue weighted by Gasteiger charge is 2.34. The lowest BCUT2D eigenvalue weighted by Crippen LogP contribution is -2.43. The van der Waals surface area contributed by atoms with Gasteiger partial charge in [0.05, 0.1) is 28.9 Å². The smallest absolute Gasteiger partial charge is 0.296 e. The molecule has 0 aliphatic carbocycles. The Kier molecular flexibility index (Phi) is 6.37. The highest BCUT2D eigenvalue weighted by Crippen LogP contribution is 2.30. The second-order valence-corrected chi connectivity index (χ2v) is 9.08. The van der Waals surface area contributed by atoms with Crippen molar-refractivity contribution in [2.24, 2.45) is 5.92 Å². The van der Waals surface area contributed by atoms with E-state index in [1.165, 1.54) is 29.6 Å². The SMILES string of the molecule is COc1ccc(NC(=O)C2CCCN(S(=O)(=O)c3ccc(C)cc3)C2)c([N+](=O)[O-])c1. The van der Waals surface area contributed by atoms with E-state index in [-0.39, 0.29) is 22.8 Å². The Morgan fingerprint density at radius 1 is 1.23 bits per heavy atom. The number of piperidine rings is 1. The first-order valence-electron chi connectivity index (χ1n) is 9.42. The summed E-state index contributed by atoms with van der Waals surface area (Å²) in [6.07, 6.45) is 1.02. The molecule has 9 nitrogen and oxygen atoms in total. The van der Waals surface area contributed by atoms with Crippen LogP contribution in [0.1, 0.15) is 18.4 Å². The Balaban J connectivity index is 1.76. The zero-order valence-electron chi connectivity index (χ0n) is 16.7. The van der Waals surface area contributed by atoms with E-state index >= 15 is 0 Å². The Labute approximate surface area is 174 Å². The fraction of sp³-hybridized carbons (Fsp3) is 0.350. The molecule has 1 heterocycles. The standard InChI is InChI=1S/C20H23N3O6S/c1-14-5-8-17(9-6-14)30(27,28)22-11-3-4-15(13-22)20(24)21-18-10-7-16(29-2)12-19(18)23(25)26/h5-10,12,15H,3-4,11,13H2,1-2H3,(H,21,24). The molecule has 1 saturated heterocycles. The maximum atomic E-state index is 12.9. The van der Waals surface area contributed by atoms with Crippen molar-refractivity contribution in [3.63, 3.8) is 0 Å². The number of sulfonamides is 1. The van der Waals surface area contributed by atoms with Gasteiger partial charge in [0.2, 0.25) is 15.9 Å². The topological polar surface area (TPSA) is 119 Å². The number of amides is 1. The average Bonchev–Trinajstić information content (AvgIpc) is 2.74. The van der Waals surface area contributed by atoms with Crippen molar-refractivity contribution in [1.82, 2.24) is 4.31 Å². The summed E-state index contributed by atoms with van der Waals surface area (Å²) >= 11 is 0. The van der Waals surface area contributed by atoms with Gasteiger partial charge in [0, 0.05) is 13.1 Å². The van der Waals surface area contributed by atoms with Crippen molar-refractivity contribution < 1.29 is 22.9 Å². The van der Waals surface area contributed by atoms with Gasteiger partial charge < -0.3 is 10.1 Å². The van der Waals surface area contributed by atoms with Crippen LogP contribution in [-0.4, -0.2) is 43.8 Å². The molecule has 1 N–H and O–H groups in total. The van der Waals surface area contributed by atoms with Crippen molar-refractivity contribution in [3.8, 4) is 5.75 Å². The first kappa shape index (κ1) is 21.7. The van der Waals surface area contributed by atoms with Gasteiger partial charge in [-0.05, 0) is 44.0 Å². The molecular weight excluding hydrogens is 410 g/mol. The molecule has 1 fully saturated rings. The van der Waals surface area contributed by atoms with Gasteiger partial charge in [-0.2, -0.15) is 4.31 Å². The van der Waals surface area contributed by atoms with Crippen LogP contribution in [-0.2, 0) is 14.8 Å². The first-order valence-corrected chi connectivity index (χ1v) is 10.9. The van der Waals surface area contributed by atoms with E-state index in [9.17, 15) is 23.3 Å².